The molecule has 0 aliphatic heterocycles. The number of carbonyl (C=O) groups excluding carboxylic acids is 1. The van der Waals surface area contributed by atoms with E-state index in [0.29, 0.717) is 17.4 Å². The first kappa shape index (κ1) is 15.9. The minimum atomic E-state index is -0.596. The molecule has 5 nitrogen and oxygen atoms in total. The van der Waals surface area contributed by atoms with Crippen LogP contribution in [0.15, 0.2) is 59.6 Å². The van der Waals surface area contributed by atoms with Crippen molar-refractivity contribution >= 4 is 23.5 Å². The normalized spacial score (nSPS) is 10.9. The van der Waals surface area contributed by atoms with Gasteiger partial charge in [-0.1, -0.05) is 41.9 Å². The zero-order valence-electron chi connectivity index (χ0n) is 12.0. The molecule has 2 aromatic carbocycles. The third kappa shape index (κ3) is 4.79. The van der Waals surface area contributed by atoms with Gasteiger partial charge in [-0.15, -0.1) is 0 Å². The van der Waals surface area contributed by atoms with Crippen molar-refractivity contribution < 1.29 is 9.63 Å². The van der Waals surface area contributed by atoms with Crippen LogP contribution >= 0.6 is 11.6 Å². The van der Waals surface area contributed by atoms with Gasteiger partial charge in [0.25, 0.3) is 0 Å². The fourth-order valence-electron chi connectivity index (χ4n) is 1.69. The van der Waals surface area contributed by atoms with Crippen LogP contribution in [0, 0.1) is 0 Å². The lowest BCUT2D eigenvalue weighted by Gasteiger charge is -2.10. The Balaban J connectivity index is 2.16. The summed E-state index contributed by atoms with van der Waals surface area (Å²) < 4.78 is 0. The van der Waals surface area contributed by atoms with Crippen molar-refractivity contribution in [3.05, 3.63) is 70.7 Å². The molecular formula is C16H16ClN3O2. The number of hydrogen-bond acceptors (Lipinski definition) is 3. The lowest BCUT2D eigenvalue weighted by Crippen LogP contribution is -2.32. The highest BCUT2D eigenvalue weighted by molar-refractivity contribution is 6.30. The second kappa shape index (κ2) is 8.05. The molecule has 6 heteroatoms. The van der Waals surface area contributed by atoms with Crippen LogP contribution < -0.4 is 10.8 Å². The predicted octanol–water partition coefficient (Wildman–Crippen LogP) is 3.15. The van der Waals surface area contributed by atoms with Crippen LogP contribution in [0.3, 0.4) is 0 Å². The van der Waals surface area contributed by atoms with Crippen LogP contribution in [-0.4, -0.2) is 19.0 Å². The third-order valence-corrected chi connectivity index (χ3v) is 3.08. The van der Waals surface area contributed by atoms with Crippen LogP contribution in [0.2, 0.25) is 5.02 Å². The fraction of sp³-hybridized carbons (Fsp3) is 0.125. The molecule has 0 atom stereocenters. The quantitative estimate of drug-likeness (QED) is 0.519. The van der Waals surface area contributed by atoms with Gasteiger partial charge in [-0.2, -0.15) is 5.48 Å². The molecule has 0 bridgehead atoms. The second-order valence-corrected chi connectivity index (χ2v) is 4.84. The fourth-order valence-corrected chi connectivity index (χ4v) is 1.82. The average molecular weight is 318 g/mol. The number of aliphatic imine (C=N–C) groups is 1. The number of halogens is 1. The van der Waals surface area contributed by atoms with Gasteiger partial charge >= 0.3 is 6.09 Å². The number of nitrogens with one attached hydrogen (secondary N) is 2. The summed E-state index contributed by atoms with van der Waals surface area (Å²) in [7, 11) is 1.48. The van der Waals surface area contributed by atoms with E-state index >= 15 is 0 Å². The van der Waals surface area contributed by atoms with Crippen molar-refractivity contribution in [1.82, 2.24) is 10.8 Å². The zero-order valence-corrected chi connectivity index (χ0v) is 12.8. The molecule has 2 N–H and O–H groups in total. The van der Waals surface area contributed by atoms with Crippen LogP contribution in [-0.2, 0) is 11.4 Å². The Kier molecular flexibility index (Phi) is 5.80. The maximum absolute atomic E-state index is 11.2. The minimum absolute atomic E-state index is 0.448. The van der Waals surface area contributed by atoms with Gasteiger partial charge in [0.1, 0.15) is 0 Å². The smallest absolute Gasteiger partial charge is 0.323 e. The van der Waals surface area contributed by atoms with Gasteiger partial charge in [0.15, 0.2) is 5.84 Å². The molecule has 0 saturated heterocycles. The number of amidine groups is 1. The monoisotopic (exact) mass is 317 g/mol. The van der Waals surface area contributed by atoms with Crippen molar-refractivity contribution in [3.63, 3.8) is 0 Å². The number of benzene rings is 2. The average Bonchev–Trinajstić information content (AvgIpc) is 2.56. The summed E-state index contributed by atoms with van der Waals surface area (Å²) in [5.41, 5.74) is 4.39. The molecule has 0 unspecified atom stereocenters. The minimum Gasteiger partial charge on any atom is -0.323 e. The van der Waals surface area contributed by atoms with Crippen molar-refractivity contribution in [2.75, 3.05) is 7.05 Å². The number of hydroxylamine groups is 1. The topological polar surface area (TPSA) is 62.7 Å². The number of rotatable bonds is 3. The van der Waals surface area contributed by atoms with E-state index in [4.69, 9.17) is 16.4 Å². The van der Waals surface area contributed by atoms with E-state index in [1.807, 2.05) is 30.3 Å². The lowest BCUT2D eigenvalue weighted by atomic mass is 10.2. The van der Waals surface area contributed by atoms with Gasteiger partial charge in [-0.3, -0.25) is 4.99 Å². The SMILES string of the molecule is CNC(=O)ONC(=NCc1ccccc1)c1ccc(Cl)cc1. The van der Waals surface area contributed by atoms with Crippen LogP contribution in [0.1, 0.15) is 11.1 Å². The lowest BCUT2D eigenvalue weighted by molar-refractivity contribution is 0.122. The number of nitrogens with zero attached hydrogens (tertiary/aromatic N) is 1. The highest BCUT2D eigenvalue weighted by atomic mass is 35.5. The first-order valence-electron chi connectivity index (χ1n) is 6.68. The Morgan fingerprint density at radius 1 is 1.14 bits per heavy atom. The molecule has 0 aromatic heterocycles. The molecule has 22 heavy (non-hydrogen) atoms. The van der Waals surface area contributed by atoms with Crippen LogP contribution in [0.4, 0.5) is 4.79 Å². The zero-order chi connectivity index (χ0) is 15.8. The van der Waals surface area contributed by atoms with Crippen molar-refractivity contribution in [3.8, 4) is 0 Å². The molecule has 0 saturated carbocycles. The van der Waals surface area contributed by atoms with E-state index in [0.717, 1.165) is 11.1 Å². The van der Waals surface area contributed by atoms with Gasteiger partial charge in [0.2, 0.25) is 0 Å². The summed E-state index contributed by atoms with van der Waals surface area (Å²) in [5, 5.41) is 2.98. The number of carbonyl (C=O) groups is 1. The second-order valence-electron chi connectivity index (χ2n) is 4.40. The van der Waals surface area contributed by atoms with Crippen molar-refractivity contribution in [2.24, 2.45) is 4.99 Å². The standard InChI is InChI=1S/C16H16ClN3O2/c1-18-16(21)22-20-15(13-7-9-14(17)10-8-13)19-11-12-5-3-2-4-6-12/h2-10H,11H2,1H3,(H,18,21)(H,19,20). The summed E-state index contributed by atoms with van der Waals surface area (Å²) >= 11 is 5.88. The van der Waals surface area contributed by atoms with Gasteiger partial charge in [0, 0.05) is 17.6 Å². The molecule has 0 aliphatic carbocycles. The van der Waals surface area contributed by atoms with Gasteiger partial charge in [-0.25, -0.2) is 4.79 Å². The van der Waals surface area contributed by atoms with Gasteiger partial charge in [-0.05, 0) is 29.8 Å². The van der Waals surface area contributed by atoms with E-state index in [2.05, 4.69) is 15.8 Å². The Morgan fingerprint density at radius 2 is 1.82 bits per heavy atom. The first-order valence-corrected chi connectivity index (χ1v) is 7.05. The molecule has 2 rings (SSSR count). The molecule has 1 amide bonds. The van der Waals surface area contributed by atoms with Crippen LogP contribution in [0.5, 0.6) is 0 Å². The summed E-state index contributed by atoms with van der Waals surface area (Å²) in [5.74, 6) is 0.448. The van der Waals surface area contributed by atoms with E-state index in [-0.39, 0.29) is 0 Å². The summed E-state index contributed by atoms with van der Waals surface area (Å²) in [4.78, 5) is 20.5. The molecule has 0 radical (unpaired) electrons. The highest BCUT2D eigenvalue weighted by Crippen LogP contribution is 2.10. The Bertz CT molecular complexity index is 642. The summed E-state index contributed by atoms with van der Waals surface area (Å²) in [6, 6.07) is 16.9. The third-order valence-electron chi connectivity index (χ3n) is 2.82. The summed E-state index contributed by atoms with van der Waals surface area (Å²) in [6.45, 7) is 0.461. The predicted molar refractivity (Wildman–Crippen MR) is 86.8 cm³/mol. The molecule has 114 valence electrons. The summed E-state index contributed by atoms with van der Waals surface area (Å²) in [6.07, 6.45) is -0.596. The molecule has 0 heterocycles. The van der Waals surface area contributed by atoms with E-state index in [1.54, 1.807) is 24.3 Å². The molecular weight excluding hydrogens is 302 g/mol. The molecule has 0 fully saturated rings. The van der Waals surface area contributed by atoms with Crippen molar-refractivity contribution in [1.29, 1.82) is 0 Å². The van der Waals surface area contributed by atoms with E-state index in [1.165, 1.54) is 7.05 Å². The number of amides is 1. The Morgan fingerprint density at radius 3 is 2.45 bits per heavy atom. The molecule has 2 aromatic rings. The van der Waals surface area contributed by atoms with E-state index in [9.17, 15) is 4.79 Å². The van der Waals surface area contributed by atoms with Gasteiger partial charge < -0.3 is 10.2 Å². The molecule has 0 spiro atoms. The largest absolute Gasteiger partial charge is 0.431 e. The Hall–Kier alpha value is -2.53. The maximum atomic E-state index is 11.2. The van der Waals surface area contributed by atoms with E-state index < -0.39 is 6.09 Å². The maximum Gasteiger partial charge on any atom is 0.431 e. The number of hydrogen-bond donors (Lipinski definition) is 2. The highest BCUT2D eigenvalue weighted by Gasteiger charge is 2.06. The first-order chi connectivity index (χ1) is 10.7. The Labute approximate surface area is 133 Å². The van der Waals surface area contributed by atoms with Gasteiger partial charge in [0.05, 0.1) is 6.54 Å². The van der Waals surface area contributed by atoms with Crippen molar-refractivity contribution in [2.45, 2.75) is 6.54 Å². The van der Waals surface area contributed by atoms with Crippen LogP contribution in [0.25, 0.3) is 0 Å². The molecule has 0 aliphatic rings.